The Bertz CT molecular complexity index is 565. The van der Waals surface area contributed by atoms with Gasteiger partial charge in [-0.15, -0.1) is 0 Å². The van der Waals surface area contributed by atoms with Crippen LogP contribution in [0.15, 0.2) is 22.7 Å². The van der Waals surface area contributed by atoms with Crippen LogP contribution < -0.4 is 5.32 Å². The summed E-state index contributed by atoms with van der Waals surface area (Å²) in [5.41, 5.74) is 0.363. The Kier molecular flexibility index (Phi) is 4.95. The van der Waals surface area contributed by atoms with Crippen LogP contribution in [0.3, 0.4) is 0 Å². The van der Waals surface area contributed by atoms with Gasteiger partial charge in [0, 0.05) is 39.3 Å². The number of piperazine rings is 1. The third kappa shape index (κ3) is 3.41. The summed E-state index contributed by atoms with van der Waals surface area (Å²) in [5, 5.41) is 3.12. The molecule has 0 aliphatic carbocycles. The van der Waals surface area contributed by atoms with Gasteiger partial charge in [0.25, 0.3) is 5.91 Å². The molecule has 5 nitrogen and oxygen atoms in total. The Morgan fingerprint density at radius 3 is 2.76 bits per heavy atom. The third-order valence-corrected chi connectivity index (χ3v) is 4.00. The number of hydrogen-bond donors (Lipinski definition) is 1. The Labute approximate surface area is 131 Å². The molecule has 0 radical (unpaired) electrons. The summed E-state index contributed by atoms with van der Waals surface area (Å²) < 4.78 is 13.5. The van der Waals surface area contributed by atoms with Crippen molar-refractivity contribution in [2.45, 2.75) is 6.04 Å². The summed E-state index contributed by atoms with van der Waals surface area (Å²) >= 11 is 3.07. The van der Waals surface area contributed by atoms with Crippen LogP contribution in [-0.4, -0.2) is 61.4 Å². The molecule has 0 aromatic heterocycles. The number of benzene rings is 1. The van der Waals surface area contributed by atoms with E-state index in [2.05, 4.69) is 21.2 Å². The van der Waals surface area contributed by atoms with Gasteiger partial charge in [0.05, 0.1) is 4.47 Å². The average molecular weight is 358 g/mol. The van der Waals surface area contributed by atoms with E-state index in [0.717, 1.165) is 0 Å². The molecule has 1 aromatic carbocycles. The molecule has 114 valence electrons. The smallest absolute Gasteiger partial charge is 0.254 e. The summed E-state index contributed by atoms with van der Waals surface area (Å²) in [6.45, 7) is 1.49. The van der Waals surface area contributed by atoms with Gasteiger partial charge in [-0.2, -0.15) is 0 Å². The fourth-order valence-electron chi connectivity index (χ4n) is 2.26. The number of halogens is 2. The number of amides is 2. The van der Waals surface area contributed by atoms with Crippen molar-refractivity contribution in [2.24, 2.45) is 0 Å². The maximum absolute atomic E-state index is 13.3. The molecule has 21 heavy (non-hydrogen) atoms. The van der Waals surface area contributed by atoms with Gasteiger partial charge in [-0.05, 0) is 34.1 Å². The molecule has 0 bridgehead atoms. The molecular weight excluding hydrogens is 341 g/mol. The Morgan fingerprint density at radius 1 is 1.43 bits per heavy atom. The summed E-state index contributed by atoms with van der Waals surface area (Å²) in [6.07, 6.45) is 0. The zero-order valence-corrected chi connectivity index (χ0v) is 13.5. The van der Waals surface area contributed by atoms with Gasteiger partial charge in [-0.1, -0.05) is 0 Å². The molecule has 1 fully saturated rings. The highest BCUT2D eigenvalue weighted by Gasteiger charge is 2.33. The Hall–Kier alpha value is -1.47. The average Bonchev–Trinajstić information content (AvgIpc) is 2.48. The number of carbonyl (C=O) groups excluding carboxylic acids is 2. The van der Waals surface area contributed by atoms with Gasteiger partial charge in [0.15, 0.2) is 0 Å². The molecule has 1 aliphatic rings. The predicted molar refractivity (Wildman–Crippen MR) is 80.5 cm³/mol. The molecule has 1 aliphatic heterocycles. The van der Waals surface area contributed by atoms with Crippen LogP contribution in [0.5, 0.6) is 0 Å². The van der Waals surface area contributed by atoms with Gasteiger partial charge in [-0.3, -0.25) is 9.59 Å². The number of nitrogens with one attached hydrogen (secondary N) is 1. The second-order valence-corrected chi connectivity index (χ2v) is 5.93. The normalized spacial score (nSPS) is 18.5. The van der Waals surface area contributed by atoms with E-state index in [0.29, 0.717) is 25.2 Å². The van der Waals surface area contributed by atoms with Gasteiger partial charge >= 0.3 is 0 Å². The van der Waals surface area contributed by atoms with Crippen molar-refractivity contribution in [1.29, 1.82) is 0 Å². The van der Waals surface area contributed by atoms with Crippen LogP contribution in [0.25, 0.3) is 0 Å². The van der Waals surface area contributed by atoms with Crippen LogP contribution in [0.2, 0.25) is 0 Å². The van der Waals surface area contributed by atoms with E-state index >= 15 is 0 Å². The largest absolute Gasteiger partial charge is 0.347 e. The van der Waals surface area contributed by atoms with E-state index < -0.39 is 11.9 Å². The van der Waals surface area contributed by atoms with Crippen molar-refractivity contribution in [2.75, 3.05) is 33.7 Å². The summed E-state index contributed by atoms with van der Waals surface area (Å²) in [6, 6.07) is 3.57. The molecule has 1 atom stereocenters. The summed E-state index contributed by atoms with van der Waals surface area (Å²) in [5.74, 6) is -0.818. The first-order valence-corrected chi connectivity index (χ1v) is 7.39. The van der Waals surface area contributed by atoms with Crippen molar-refractivity contribution < 1.29 is 14.0 Å². The molecule has 2 amide bonds. The molecule has 7 heteroatoms. The van der Waals surface area contributed by atoms with Crippen LogP contribution in [0, 0.1) is 5.82 Å². The lowest BCUT2D eigenvalue weighted by Gasteiger charge is -2.36. The highest BCUT2D eigenvalue weighted by molar-refractivity contribution is 9.10. The number of carbonyl (C=O) groups is 2. The predicted octanol–water partition coefficient (Wildman–Crippen LogP) is 1.09. The molecule has 1 unspecified atom stereocenters. The molecule has 0 spiro atoms. The zero-order chi connectivity index (χ0) is 15.6. The lowest BCUT2D eigenvalue weighted by Crippen LogP contribution is -2.59. The summed E-state index contributed by atoms with van der Waals surface area (Å²) in [7, 11) is 3.32. The highest BCUT2D eigenvalue weighted by atomic mass is 79.9. The Morgan fingerprint density at radius 2 is 2.14 bits per heavy atom. The van der Waals surface area contributed by atoms with Crippen LogP contribution in [0.4, 0.5) is 4.39 Å². The third-order valence-electron chi connectivity index (χ3n) is 3.40. The van der Waals surface area contributed by atoms with Crippen molar-refractivity contribution >= 4 is 27.7 Å². The van der Waals surface area contributed by atoms with E-state index in [1.54, 1.807) is 19.0 Å². The van der Waals surface area contributed by atoms with E-state index in [4.69, 9.17) is 0 Å². The second kappa shape index (κ2) is 6.53. The molecular formula is C14H17BrFN3O2. The fraction of sp³-hybridized carbons (Fsp3) is 0.429. The molecule has 1 heterocycles. The van der Waals surface area contributed by atoms with E-state index in [1.807, 2.05) is 0 Å². The first-order valence-electron chi connectivity index (χ1n) is 6.59. The SMILES string of the molecule is CN(C)C(=O)C1CNCCN1C(=O)c1ccc(F)c(Br)c1. The number of hydrogen-bond acceptors (Lipinski definition) is 3. The number of nitrogens with zero attached hydrogens (tertiary/aromatic N) is 2. The molecule has 1 N–H and O–H groups in total. The van der Waals surface area contributed by atoms with Crippen molar-refractivity contribution in [1.82, 2.24) is 15.1 Å². The van der Waals surface area contributed by atoms with Crippen molar-refractivity contribution in [3.05, 3.63) is 34.1 Å². The maximum Gasteiger partial charge on any atom is 0.254 e. The highest BCUT2D eigenvalue weighted by Crippen LogP contribution is 2.19. The fourth-order valence-corrected chi connectivity index (χ4v) is 2.64. The first kappa shape index (κ1) is 15.9. The Balaban J connectivity index is 2.26. The van der Waals surface area contributed by atoms with Gasteiger partial charge in [-0.25, -0.2) is 4.39 Å². The van der Waals surface area contributed by atoms with E-state index in [1.165, 1.54) is 23.1 Å². The summed E-state index contributed by atoms with van der Waals surface area (Å²) in [4.78, 5) is 27.8. The topological polar surface area (TPSA) is 52.7 Å². The van der Waals surface area contributed by atoms with Crippen LogP contribution >= 0.6 is 15.9 Å². The van der Waals surface area contributed by atoms with E-state index in [9.17, 15) is 14.0 Å². The zero-order valence-electron chi connectivity index (χ0n) is 11.9. The minimum atomic E-state index is -0.537. The quantitative estimate of drug-likeness (QED) is 0.861. The number of rotatable bonds is 2. The van der Waals surface area contributed by atoms with Crippen molar-refractivity contribution in [3.8, 4) is 0 Å². The lowest BCUT2D eigenvalue weighted by atomic mass is 10.1. The van der Waals surface area contributed by atoms with Gasteiger partial charge in [0.1, 0.15) is 11.9 Å². The molecule has 1 aromatic rings. The van der Waals surface area contributed by atoms with Crippen LogP contribution in [0.1, 0.15) is 10.4 Å². The van der Waals surface area contributed by atoms with Crippen molar-refractivity contribution in [3.63, 3.8) is 0 Å². The second-order valence-electron chi connectivity index (χ2n) is 5.08. The monoisotopic (exact) mass is 357 g/mol. The standard InChI is InChI=1S/C14H17BrFN3O2/c1-18(2)14(21)12-8-17-5-6-19(12)13(20)9-3-4-11(16)10(15)7-9/h3-4,7,12,17H,5-6,8H2,1-2H3. The first-order chi connectivity index (χ1) is 9.91. The molecule has 2 rings (SSSR count). The minimum absolute atomic E-state index is 0.128. The molecule has 0 saturated carbocycles. The molecule has 1 saturated heterocycles. The van der Waals surface area contributed by atoms with Crippen LogP contribution in [-0.2, 0) is 4.79 Å². The minimum Gasteiger partial charge on any atom is -0.347 e. The van der Waals surface area contributed by atoms with E-state index in [-0.39, 0.29) is 16.3 Å². The number of likely N-dealkylation sites (N-methyl/N-ethyl adjacent to an activating group) is 1. The van der Waals surface area contributed by atoms with Gasteiger partial charge < -0.3 is 15.1 Å². The van der Waals surface area contributed by atoms with Gasteiger partial charge in [0.2, 0.25) is 5.91 Å². The maximum atomic E-state index is 13.3. The lowest BCUT2D eigenvalue weighted by molar-refractivity contribution is -0.134.